The maximum absolute atomic E-state index is 10.9. The molecule has 11 heavy (non-hydrogen) atoms. The minimum atomic E-state index is -0.486. The summed E-state index contributed by atoms with van der Waals surface area (Å²) >= 11 is 0. The van der Waals surface area contributed by atoms with Crippen LogP contribution in [0.4, 0.5) is 0 Å². The molecule has 0 amide bonds. The average molecular weight is 156 g/mol. The van der Waals surface area contributed by atoms with Crippen molar-refractivity contribution in [3.63, 3.8) is 0 Å². The van der Waals surface area contributed by atoms with E-state index in [-0.39, 0.29) is 17.9 Å². The lowest BCUT2D eigenvalue weighted by Gasteiger charge is -2.01. The number of esters is 1. The van der Waals surface area contributed by atoms with E-state index in [0.29, 0.717) is 6.42 Å². The first-order valence-electron chi connectivity index (χ1n) is 3.86. The Morgan fingerprint density at radius 1 is 1.73 bits per heavy atom. The third-order valence-electron chi connectivity index (χ3n) is 2.01. The summed E-state index contributed by atoms with van der Waals surface area (Å²) in [6.07, 6.45) is 1.34. The van der Waals surface area contributed by atoms with Gasteiger partial charge in [0.2, 0.25) is 0 Å². The van der Waals surface area contributed by atoms with Crippen molar-refractivity contribution in [2.24, 2.45) is 5.92 Å². The Kier molecular flexibility index (Phi) is 2.27. The molecule has 0 saturated carbocycles. The van der Waals surface area contributed by atoms with Gasteiger partial charge in [0.1, 0.15) is 17.8 Å². The van der Waals surface area contributed by atoms with Crippen LogP contribution in [0.5, 0.6) is 0 Å². The van der Waals surface area contributed by atoms with Crippen LogP contribution in [0.2, 0.25) is 0 Å². The highest BCUT2D eigenvalue weighted by Crippen LogP contribution is 2.23. The number of hydrogen-bond donors (Lipinski definition) is 0. The van der Waals surface area contributed by atoms with E-state index < -0.39 is 5.92 Å². The zero-order valence-electron chi connectivity index (χ0n) is 6.79. The second kappa shape index (κ2) is 3.03. The number of ketones is 1. The Balaban J connectivity index is 2.59. The Morgan fingerprint density at radius 2 is 2.36 bits per heavy atom. The Bertz CT molecular complexity index is 186. The molecule has 3 nitrogen and oxygen atoms in total. The molecule has 1 heterocycles. The fourth-order valence-electron chi connectivity index (χ4n) is 1.24. The third kappa shape index (κ3) is 1.59. The van der Waals surface area contributed by atoms with Crippen molar-refractivity contribution in [2.45, 2.75) is 32.8 Å². The SMILES string of the molecule is CCC1CC(C(C)=O)C(=O)O1. The molecule has 0 spiro atoms. The van der Waals surface area contributed by atoms with Gasteiger partial charge >= 0.3 is 5.97 Å². The summed E-state index contributed by atoms with van der Waals surface area (Å²) in [6, 6.07) is 0. The lowest BCUT2D eigenvalue weighted by molar-refractivity contribution is -0.146. The first-order valence-corrected chi connectivity index (χ1v) is 3.86. The molecule has 2 atom stereocenters. The predicted octanol–water partition coefficient (Wildman–Crippen LogP) is 0.917. The van der Waals surface area contributed by atoms with Gasteiger partial charge in [-0.3, -0.25) is 9.59 Å². The monoisotopic (exact) mass is 156 g/mol. The zero-order chi connectivity index (χ0) is 8.43. The maximum Gasteiger partial charge on any atom is 0.316 e. The number of ether oxygens (including phenoxy) is 1. The van der Waals surface area contributed by atoms with Gasteiger partial charge in [0.05, 0.1) is 0 Å². The van der Waals surface area contributed by atoms with Crippen LogP contribution in [0.1, 0.15) is 26.7 Å². The minimum Gasteiger partial charge on any atom is -0.462 e. The molecule has 0 aromatic rings. The Hall–Kier alpha value is -0.860. The van der Waals surface area contributed by atoms with E-state index >= 15 is 0 Å². The van der Waals surface area contributed by atoms with Crippen molar-refractivity contribution in [3.8, 4) is 0 Å². The average Bonchev–Trinajstić information content (AvgIpc) is 2.30. The topological polar surface area (TPSA) is 43.4 Å². The maximum atomic E-state index is 10.9. The predicted molar refractivity (Wildman–Crippen MR) is 39.0 cm³/mol. The van der Waals surface area contributed by atoms with Crippen LogP contribution in [0.3, 0.4) is 0 Å². The van der Waals surface area contributed by atoms with E-state index in [2.05, 4.69) is 0 Å². The molecule has 3 heteroatoms. The van der Waals surface area contributed by atoms with Crippen LogP contribution in [-0.4, -0.2) is 17.9 Å². The van der Waals surface area contributed by atoms with Crippen molar-refractivity contribution in [3.05, 3.63) is 0 Å². The Labute approximate surface area is 65.7 Å². The highest BCUT2D eigenvalue weighted by molar-refractivity contribution is 5.98. The number of carbonyl (C=O) groups excluding carboxylic acids is 2. The first kappa shape index (κ1) is 8.24. The molecule has 1 aliphatic rings. The molecule has 0 N–H and O–H groups in total. The summed E-state index contributed by atoms with van der Waals surface area (Å²) in [5.74, 6) is -0.907. The van der Waals surface area contributed by atoms with Gasteiger partial charge < -0.3 is 4.74 Å². The molecular formula is C8H12O3. The van der Waals surface area contributed by atoms with Gasteiger partial charge in [-0.05, 0) is 13.3 Å². The van der Waals surface area contributed by atoms with Crippen LogP contribution in [-0.2, 0) is 14.3 Å². The number of rotatable bonds is 2. The van der Waals surface area contributed by atoms with E-state index in [1.54, 1.807) is 0 Å². The van der Waals surface area contributed by atoms with E-state index in [0.717, 1.165) is 6.42 Å². The van der Waals surface area contributed by atoms with E-state index in [4.69, 9.17) is 4.74 Å². The molecule has 0 aromatic heterocycles. The summed E-state index contributed by atoms with van der Waals surface area (Å²) in [7, 11) is 0. The van der Waals surface area contributed by atoms with Gasteiger partial charge in [-0.15, -0.1) is 0 Å². The number of carbonyl (C=O) groups is 2. The fraction of sp³-hybridized carbons (Fsp3) is 0.750. The number of cyclic esters (lactones) is 1. The van der Waals surface area contributed by atoms with Crippen LogP contribution in [0.15, 0.2) is 0 Å². The minimum absolute atomic E-state index is 0.0311. The molecule has 1 saturated heterocycles. The first-order chi connectivity index (χ1) is 5.15. The lowest BCUT2D eigenvalue weighted by Crippen LogP contribution is -2.15. The summed E-state index contributed by atoms with van der Waals surface area (Å²) in [5.41, 5.74) is 0. The Morgan fingerprint density at radius 3 is 2.64 bits per heavy atom. The zero-order valence-corrected chi connectivity index (χ0v) is 6.79. The highest BCUT2D eigenvalue weighted by Gasteiger charge is 2.36. The molecule has 0 aromatic carbocycles. The summed E-state index contributed by atoms with van der Waals surface area (Å²) in [5, 5.41) is 0. The van der Waals surface area contributed by atoms with Crippen molar-refractivity contribution in [2.75, 3.05) is 0 Å². The molecule has 1 aliphatic heterocycles. The summed E-state index contributed by atoms with van der Waals surface area (Å²) < 4.78 is 4.92. The van der Waals surface area contributed by atoms with E-state index in [1.807, 2.05) is 6.92 Å². The normalized spacial score (nSPS) is 30.2. The van der Waals surface area contributed by atoms with Crippen molar-refractivity contribution < 1.29 is 14.3 Å². The molecule has 0 radical (unpaired) electrons. The van der Waals surface area contributed by atoms with Gasteiger partial charge in [0.25, 0.3) is 0 Å². The molecule has 0 bridgehead atoms. The number of Topliss-reactive ketones (excluding diaryl/α,β-unsaturated/α-hetero) is 1. The molecule has 1 fully saturated rings. The summed E-state index contributed by atoms with van der Waals surface area (Å²) in [6.45, 7) is 3.38. The molecule has 0 aliphatic carbocycles. The lowest BCUT2D eigenvalue weighted by atomic mass is 10.0. The van der Waals surface area contributed by atoms with Gasteiger partial charge in [-0.2, -0.15) is 0 Å². The standard InChI is InChI=1S/C8H12O3/c1-3-6-4-7(5(2)9)8(10)11-6/h6-7H,3-4H2,1-2H3. The molecule has 1 rings (SSSR count). The van der Waals surface area contributed by atoms with Crippen molar-refractivity contribution in [1.29, 1.82) is 0 Å². The summed E-state index contributed by atoms with van der Waals surface area (Å²) in [4.78, 5) is 21.8. The van der Waals surface area contributed by atoms with Gasteiger partial charge in [0, 0.05) is 6.42 Å². The van der Waals surface area contributed by atoms with E-state index in [1.165, 1.54) is 6.92 Å². The van der Waals surface area contributed by atoms with Crippen molar-refractivity contribution >= 4 is 11.8 Å². The number of hydrogen-bond acceptors (Lipinski definition) is 3. The molecule has 2 unspecified atom stereocenters. The van der Waals surface area contributed by atoms with Crippen LogP contribution < -0.4 is 0 Å². The van der Waals surface area contributed by atoms with Crippen LogP contribution in [0.25, 0.3) is 0 Å². The van der Waals surface area contributed by atoms with Gasteiger partial charge in [-0.1, -0.05) is 6.92 Å². The highest BCUT2D eigenvalue weighted by atomic mass is 16.6. The fourth-order valence-corrected chi connectivity index (χ4v) is 1.24. The smallest absolute Gasteiger partial charge is 0.316 e. The second-order valence-electron chi connectivity index (χ2n) is 2.87. The quantitative estimate of drug-likeness (QED) is 0.441. The van der Waals surface area contributed by atoms with Crippen LogP contribution >= 0.6 is 0 Å². The molecular weight excluding hydrogens is 144 g/mol. The van der Waals surface area contributed by atoms with Gasteiger partial charge in [0.15, 0.2) is 0 Å². The van der Waals surface area contributed by atoms with Gasteiger partial charge in [-0.25, -0.2) is 0 Å². The second-order valence-corrected chi connectivity index (χ2v) is 2.87. The largest absolute Gasteiger partial charge is 0.462 e. The molecule has 62 valence electrons. The third-order valence-corrected chi connectivity index (χ3v) is 2.01. The van der Waals surface area contributed by atoms with Crippen molar-refractivity contribution in [1.82, 2.24) is 0 Å². The van der Waals surface area contributed by atoms with E-state index in [9.17, 15) is 9.59 Å². The van der Waals surface area contributed by atoms with Crippen LogP contribution in [0, 0.1) is 5.92 Å².